The van der Waals surface area contributed by atoms with Crippen LogP contribution in [0.3, 0.4) is 0 Å². The van der Waals surface area contributed by atoms with Gasteiger partial charge in [-0.15, -0.1) is 0 Å². The van der Waals surface area contributed by atoms with Gasteiger partial charge in [0.05, 0.1) is 5.69 Å². The average molecular weight is 279 g/mol. The van der Waals surface area contributed by atoms with E-state index in [4.69, 9.17) is 11.6 Å². The predicted molar refractivity (Wildman–Crippen MR) is 74.8 cm³/mol. The van der Waals surface area contributed by atoms with E-state index < -0.39 is 0 Å². The maximum Gasteiger partial charge on any atom is 0.275 e. The van der Waals surface area contributed by atoms with Gasteiger partial charge in [0, 0.05) is 16.2 Å². The molecule has 0 aromatic heterocycles. The van der Waals surface area contributed by atoms with Crippen molar-refractivity contribution in [3.8, 4) is 0 Å². The van der Waals surface area contributed by atoms with E-state index in [1.54, 1.807) is 19.9 Å². The van der Waals surface area contributed by atoms with E-state index in [0.717, 1.165) is 16.1 Å². The summed E-state index contributed by atoms with van der Waals surface area (Å²) in [5.41, 5.74) is 6.35. The molecule has 0 aliphatic carbocycles. The van der Waals surface area contributed by atoms with Crippen molar-refractivity contribution in [1.82, 2.24) is 5.01 Å². The topological polar surface area (TPSA) is 49.4 Å². The molecule has 2 rings (SSSR count). The lowest BCUT2D eigenvalue weighted by molar-refractivity contribution is -0.135. The van der Waals surface area contributed by atoms with Crippen LogP contribution in [0.15, 0.2) is 23.3 Å². The highest BCUT2D eigenvalue weighted by Crippen LogP contribution is 2.26. The summed E-state index contributed by atoms with van der Waals surface area (Å²) in [5.74, 6) is -0.645. The third-order valence-corrected chi connectivity index (χ3v) is 3.85. The molecule has 1 N–H and O–H groups in total. The van der Waals surface area contributed by atoms with Crippen molar-refractivity contribution >= 4 is 29.1 Å². The summed E-state index contributed by atoms with van der Waals surface area (Å²) < 4.78 is 0. The minimum atomic E-state index is -0.322. The first-order chi connectivity index (χ1) is 8.82. The summed E-state index contributed by atoms with van der Waals surface area (Å²) in [6.45, 7) is 7.13. The molecule has 1 aliphatic rings. The van der Waals surface area contributed by atoms with Crippen LogP contribution in [0.4, 0.5) is 5.69 Å². The van der Waals surface area contributed by atoms with E-state index in [1.165, 1.54) is 0 Å². The van der Waals surface area contributed by atoms with Gasteiger partial charge in [0.2, 0.25) is 0 Å². The molecule has 1 aromatic rings. The number of carbonyl (C=O) groups is 2. The minimum absolute atomic E-state index is 0.322. The van der Waals surface area contributed by atoms with Crippen LogP contribution in [-0.4, -0.2) is 16.8 Å². The number of carbonyl (C=O) groups excluding carboxylic acids is 2. The number of nitrogens with zero attached hydrogens (tertiary/aromatic N) is 1. The van der Waals surface area contributed by atoms with Gasteiger partial charge in [-0.3, -0.25) is 15.0 Å². The molecule has 2 amide bonds. The zero-order valence-electron chi connectivity index (χ0n) is 11.3. The summed E-state index contributed by atoms with van der Waals surface area (Å²) >= 11 is 6.10. The Hall–Kier alpha value is -1.81. The molecule has 5 heteroatoms. The Kier molecular flexibility index (Phi) is 3.37. The second-order valence-corrected chi connectivity index (χ2v) is 5.11. The van der Waals surface area contributed by atoms with E-state index in [-0.39, 0.29) is 11.8 Å². The maximum absolute atomic E-state index is 11.9. The number of hydrogen-bond acceptors (Lipinski definition) is 3. The number of imide groups is 1. The van der Waals surface area contributed by atoms with Crippen molar-refractivity contribution in [1.29, 1.82) is 0 Å². The Labute approximate surface area is 117 Å². The number of hydrazine groups is 1. The minimum Gasteiger partial charge on any atom is -0.288 e. The molecule has 0 saturated carbocycles. The van der Waals surface area contributed by atoms with Crippen molar-refractivity contribution in [3.63, 3.8) is 0 Å². The molecule has 0 unspecified atom stereocenters. The van der Waals surface area contributed by atoms with Gasteiger partial charge < -0.3 is 0 Å². The summed E-state index contributed by atoms with van der Waals surface area (Å²) in [6, 6.07) is 3.55. The molecule has 4 nitrogen and oxygen atoms in total. The van der Waals surface area contributed by atoms with Crippen LogP contribution in [-0.2, 0) is 9.59 Å². The van der Waals surface area contributed by atoms with Crippen LogP contribution < -0.4 is 5.43 Å². The second-order valence-electron chi connectivity index (χ2n) is 4.71. The molecule has 0 radical (unpaired) electrons. The van der Waals surface area contributed by atoms with Gasteiger partial charge in [-0.05, 0) is 51.0 Å². The largest absolute Gasteiger partial charge is 0.288 e. The lowest BCUT2D eigenvalue weighted by Gasteiger charge is -2.18. The van der Waals surface area contributed by atoms with Crippen LogP contribution in [0.1, 0.15) is 25.0 Å². The van der Waals surface area contributed by atoms with Gasteiger partial charge in [0.25, 0.3) is 11.8 Å². The summed E-state index contributed by atoms with van der Waals surface area (Å²) in [5, 5.41) is 1.62. The quantitative estimate of drug-likeness (QED) is 0.846. The highest BCUT2D eigenvalue weighted by Gasteiger charge is 2.33. The molecule has 0 atom stereocenters. The number of nitrogens with one attached hydrogen (secondary N) is 1. The van der Waals surface area contributed by atoms with Gasteiger partial charge >= 0.3 is 0 Å². The lowest BCUT2D eigenvalue weighted by atomic mass is 10.1. The summed E-state index contributed by atoms with van der Waals surface area (Å²) in [4.78, 5) is 23.8. The molecule has 0 fully saturated rings. The normalized spacial score (nSPS) is 15.5. The zero-order valence-corrected chi connectivity index (χ0v) is 12.1. The fourth-order valence-electron chi connectivity index (χ4n) is 1.86. The molecular formula is C14H15ClN2O2. The van der Waals surface area contributed by atoms with E-state index in [0.29, 0.717) is 21.9 Å². The van der Waals surface area contributed by atoms with Gasteiger partial charge in [0.1, 0.15) is 0 Å². The molecule has 1 aromatic carbocycles. The number of amides is 2. The van der Waals surface area contributed by atoms with Crippen LogP contribution in [0.25, 0.3) is 0 Å². The van der Waals surface area contributed by atoms with Crippen LogP contribution in [0.2, 0.25) is 5.02 Å². The number of anilines is 1. The molecule has 0 saturated heterocycles. The van der Waals surface area contributed by atoms with E-state index >= 15 is 0 Å². The average Bonchev–Trinajstić information content (AvgIpc) is 2.54. The van der Waals surface area contributed by atoms with E-state index in [9.17, 15) is 9.59 Å². The molecule has 0 spiro atoms. The van der Waals surface area contributed by atoms with Crippen LogP contribution in [0.5, 0.6) is 0 Å². The van der Waals surface area contributed by atoms with Crippen molar-refractivity contribution in [2.75, 3.05) is 5.43 Å². The lowest BCUT2D eigenvalue weighted by Crippen LogP contribution is -2.36. The molecular weight excluding hydrogens is 264 g/mol. The Balaban J connectivity index is 2.29. The smallest absolute Gasteiger partial charge is 0.275 e. The first-order valence-corrected chi connectivity index (χ1v) is 6.30. The maximum atomic E-state index is 11.9. The van der Waals surface area contributed by atoms with Gasteiger partial charge in [-0.2, -0.15) is 5.01 Å². The standard InChI is InChI=1S/C14H15ClN2O2/c1-7-5-11(6-12(15)8(7)2)16-17-13(18)9(3)10(4)14(17)19/h5-6,16H,1-4H3. The summed E-state index contributed by atoms with van der Waals surface area (Å²) in [6.07, 6.45) is 0. The molecule has 100 valence electrons. The summed E-state index contributed by atoms with van der Waals surface area (Å²) in [7, 11) is 0. The fraction of sp³-hybridized carbons (Fsp3) is 0.286. The van der Waals surface area contributed by atoms with Gasteiger partial charge in [-0.1, -0.05) is 11.6 Å². The Morgan fingerprint density at radius 3 is 2.00 bits per heavy atom. The molecule has 1 heterocycles. The van der Waals surface area contributed by atoms with Crippen LogP contribution in [0, 0.1) is 13.8 Å². The number of halogens is 1. The number of aryl methyl sites for hydroxylation is 1. The third-order valence-electron chi connectivity index (χ3n) is 3.46. The van der Waals surface area contributed by atoms with Crippen LogP contribution >= 0.6 is 11.6 Å². The SMILES string of the molecule is CC1=C(C)C(=O)N(Nc2cc(C)c(C)c(Cl)c2)C1=O. The van der Waals surface area contributed by atoms with E-state index in [1.807, 2.05) is 19.9 Å². The zero-order chi connectivity index (χ0) is 14.3. The third kappa shape index (κ3) is 2.24. The first-order valence-electron chi connectivity index (χ1n) is 5.92. The van der Waals surface area contributed by atoms with Gasteiger partial charge in [0.15, 0.2) is 0 Å². The molecule has 1 aliphatic heterocycles. The predicted octanol–water partition coefficient (Wildman–Crippen LogP) is 2.99. The van der Waals surface area contributed by atoms with Crippen molar-refractivity contribution in [3.05, 3.63) is 39.4 Å². The first kappa shape index (κ1) is 13.6. The Morgan fingerprint density at radius 2 is 1.53 bits per heavy atom. The van der Waals surface area contributed by atoms with E-state index in [2.05, 4.69) is 5.43 Å². The number of hydrogen-bond donors (Lipinski definition) is 1. The monoisotopic (exact) mass is 278 g/mol. The van der Waals surface area contributed by atoms with Crippen molar-refractivity contribution < 1.29 is 9.59 Å². The number of rotatable bonds is 2. The van der Waals surface area contributed by atoms with Gasteiger partial charge in [-0.25, -0.2) is 0 Å². The molecule has 19 heavy (non-hydrogen) atoms. The van der Waals surface area contributed by atoms with Crippen molar-refractivity contribution in [2.45, 2.75) is 27.7 Å². The second kappa shape index (κ2) is 4.70. The molecule has 0 bridgehead atoms. The number of benzene rings is 1. The highest BCUT2D eigenvalue weighted by atomic mass is 35.5. The Morgan fingerprint density at radius 1 is 1.00 bits per heavy atom. The Bertz CT molecular complexity index is 573. The van der Waals surface area contributed by atoms with Crippen molar-refractivity contribution in [2.24, 2.45) is 0 Å². The fourth-order valence-corrected chi connectivity index (χ4v) is 2.13. The highest BCUT2D eigenvalue weighted by molar-refractivity contribution is 6.31.